The molecule has 0 spiro atoms. The van der Waals surface area contributed by atoms with E-state index in [1.807, 2.05) is 6.92 Å². The third-order valence-corrected chi connectivity index (χ3v) is 3.45. The highest BCUT2D eigenvalue weighted by molar-refractivity contribution is 7.15. The maximum absolute atomic E-state index is 11.9. The SMILES string of the molecule is CCCC(COC)NC(=O)c1ccc(C(=O)O)s1. The number of methoxy groups -OCH3 is 1. The number of aromatic carboxylic acids is 1. The molecule has 0 radical (unpaired) electrons. The number of ether oxygens (including phenoxy) is 1. The van der Waals surface area contributed by atoms with Gasteiger partial charge in [0.05, 0.1) is 17.5 Å². The number of rotatable bonds is 7. The van der Waals surface area contributed by atoms with Gasteiger partial charge in [-0.05, 0) is 18.6 Å². The molecule has 0 aliphatic heterocycles. The average molecular weight is 271 g/mol. The van der Waals surface area contributed by atoms with Crippen LogP contribution in [0.2, 0.25) is 0 Å². The third kappa shape index (κ3) is 4.12. The lowest BCUT2D eigenvalue weighted by Crippen LogP contribution is -2.37. The summed E-state index contributed by atoms with van der Waals surface area (Å²) in [5, 5.41) is 11.6. The zero-order valence-electron chi connectivity index (χ0n) is 10.4. The molecule has 0 saturated carbocycles. The summed E-state index contributed by atoms with van der Waals surface area (Å²) in [5.74, 6) is -1.26. The zero-order chi connectivity index (χ0) is 13.5. The fourth-order valence-electron chi connectivity index (χ4n) is 1.58. The molecule has 0 saturated heterocycles. The number of hydrogen-bond acceptors (Lipinski definition) is 4. The van der Waals surface area contributed by atoms with E-state index in [9.17, 15) is 9.59 Å². The quantitative estimate of drug-likeness (QED) is 0.795. The van der Waals surface area contributed by atoms with Gasteiger partial charge in [-0.15, -0.1) is 11.3 Å². The number of nitrogens with one attached hydrogen (secondary N) is 1. The van der Waals surface area contributed by atoms with Crippen molar-refractivity contribution >= 4 is 23.2 Å². The first-order chi connectivity index (χ1) is 8.58. The summed E-state index contributed by atoms with van der Waals surface area (Å²) in [5.41, 5.74) is 0. The van der Waals surface area contributed by atoms with Gasteiger partial charge in [0.2, 0.25) is 0 Å². The Labute approximate surface area is 110 Å². The molecule has 0 fully saturated rings. The fourth-order valence-corrected chi connectivity index (χ4v) is 2.33. The molecule has 100 valence electrons. The topological polar surface area (TPSA) is 75.6 Å². The van der Waals surface area contributed by atoms with Gasteiger partial charge >= 0.3 is 5.97 Å². The molecule has 1 amide bonds. The fraction of sp³-hybridized carbons (Fsp3) is 0.500. The van der Waals surface area contributed by atoms with E-state index in [1.54, 1.807) is 7.11 Å². The van der Waals surface area contributed by atoms with Gasteiger partial charge in [-0.1, -0.05) is 13.3 Å². The number of hydrogen-bond donors (Lipinski definition) is 2. The summed E-state index contributed by atoms with van der Waals surface area (Å²) >= 11 is 0.975. The Bertz CT molecular complexity index is 410. The minimum absolute atomic E-state index is 0.0390. The smallest absolute Gasteiger partial charge is 0.345 e. The van der Waals surface area contributed by atoms with Crippen LogP contribution in [0.5, 0.6) is 0 Å². The molecule has 0 aliphatic rings. The van der Waals surface area contributed by atoms with E-state index in [-0.39, 0.29) is 16.8 Å². The molecule has 18 heavy (non-hydrogen) atoms. The van der Waals surface area contributed by atoms with E-state index in [0.29, 0.717) is 11.5 Å². The van der Waals surface area contributed by atoms with Crippen molar-refractivity contribution in [2.45, 2.75) is 25.8 Å². The van der Waals surface area contributed by atoms with E-state index in [2.05, 4.69) is 5.32 Å². The van der Waals surface area contributed by atoms with Crippen LogP contribution in [0, 0.1) is 0 Å². The standard InChI is InChI=1S/C12H17NO4S/c1-3-4-8(7-17-2)13-11(14)9-5-6-10(18-9)12(15)16/h5-6,8H,3-4,7H2,1-2H3,(H,13,14)(H,15,16). The summed E-state index contributed by atoms with van der Waals surface area (Å²) in [4.78, 5) is 23.2. The molecule has 1 unspecified atom stereocenters. The number of carbonyl (C=O) groups excluding carboxylic acids is 1. The first-order valence-electron chi connectivity index (χ1n) is 5.71. The van der Waals surface area contributed by atoms with Gasteiger partial charge in [0.15, 0.2) is 0 Å². The Morgan fingerprint density at radius 1 is 1.44 bits per heavy atom. The molecule has 6 heteroatoms. The first-order valence-corrected chi connectivity index (χ1v) is 6.53. The number of carbonyl (C=O) groups is 2. The highest BCUT2D eigenvalue weighted by Crippen LogP contribution is 2.16. The van der Waals surface area contributed by atoms with Crippen LogP contribution in [-0.4, -0.2) is 36.7 Å². The molecule has 1 heterocycles. The van der Waals surface area contributed by atoms with Crippen LogP contribution in [0.3, 0.4) is 0 Å². The monoisotopic (exact) mass is 271 g/mol. The lowest BCUT2D eigenvalue weighted by Gasteiger charge is -2.16. The van der Waals surface area contributed by atoms with Crippen LogP contribution in [0.4, 0.5) is 0 Å². The van der Waals surface area contributed by atoms with Crippen LogP contribution in [0.25, 0.3) is 0 Å². The maximum Gasteiger partial charge on any atom is 0.345 e. The Morgan fingerprint density at radius 3 is 2.61 bits per heavy atom. The molecule has 0 bridgehead atoms. The third-order valence-electron chi connectivity index (χ3n) is 2.38. The molecular formula is C12H17NO4S. The number of carboxylic acids is 1. The van der Waals surface area contributed by atoms with Crippen molar-refractivity contribution in [2.75, 3.05) is 13.7 Å². The van der Waals surface area contributed by atoms with Crippen molar-refractivity contribution < 1.29 is 19.4 Å². The van der Waals surface area contributed by atoms with Gasteiger partial charge in [0.25, 0.3) is 5.91 Å². The van der Waals surface area contributed by atoms with Crippen molar-refractivity contribution in [3.63, 3.8) is 0 Å². The van der Waals surface area contributed by atoms with Gasteiger partial charge in [0, 0.05) is 7.11 Å². The number of carboxylic acid groups (broad SMARTS) is 1. The highest BCUT2D eigenvalue weighted by atomic mass is 32.1. The second-order valence-corrected chi connectivity index (χ2v) is 4.97. The van der Waals surface area contributed by atoms with Gasteiger partial charge in [-0.25, -0.2) is 4.79 Å². The molecule has 1 atom stereocenters. The van der Waals surface area contributed by atoms with Crippen LogP contribution in [0.1, 0.15) is 39.1 Å². The van der Waals surface area contributed by atoms with E-state index in [1.165, 1.54) is 12.1 Å². The molecule has 1 rings (SSSR count). The number of thiophene rings is 1. The van der Waals surface area contributed by atoms with Crippen LogP contribution in [0.15, 0.2) is 12.1 Å². The van der Waals surface area contributed by atoms with Crippen molar-refractivity contribution in [1.82, 2.24) is 5.32 Å². The summed E-state index contributed by atoms with van der Waals surface area (Å²) in [6.45, 7) is 2.49. The lowest BCUT2D eigenvalue weighted by molar-refractivity contribution is 0.0702. The Kier molecular flexibility index (Phi) is 5.80. The normalized spacial score (nSPS) is 12.1. The minimum Gasteiger partial charge on any atom is -0.477 e. The largest absolute Gasteiger partial charge is 0.477 e. The molecule has 1 aromatic heterocycles. The van der Waals surface area contributed by atoms with Gasteiger partial charge in [-0.2, -0.15) is 0 Å². The van der Waals surface area contributed by atoms with Crippen LogP contribution in [-0.2, 0) is 4.74 Å². The van der Waals surface area contributed by atoms with Crippen molar-refractivity contribution in [3.8, 4) is 0 Å². The van der Waals surface area contributed by atoms with Crippen molar-refractivity contribution in [3.05, 3.63) is 21.9 Å². The number of amides is 1. The Balaban J connectivity index is 2.64. The lowest BCUT2D eigenvalue weighted by atomic mass is 10.2. The van der Waals surface area contributed by atoms with Gasteiger partial charge in [0.1, 0.15) is 4.88 Å². The molecule has 0 aliphatic carbocycles. The summed E-state index contributed by atoms with van der Waals surface area (Å²) in [6.07, 6.45) is 1.77. The Morgan fingerprint density at radius 2 is 2.11 bits per heavy atom. The molecule has 5 nitrogen and oxygen atoms in total. The summed E-state index contributed by atoms with van der Waals surface area (Å²) in [6, 6.07) is 2.93. The van der Waals surface area contributed by atoms with E-state index < -0.39 is 5.97 Å². The maximum atomic E-state index is 11.9. The Hall–Kier alpha value is -1.40. The zero-order valence-corrected chi connectivity index (χ0v) is 11.3. The predicted octanol–water partition coefficient (Wildman–Crippen LogP) is 1.99. The first kappa shape index (κ1) is 14.7. The van der Waals surface area contributed by atoms with Gasteiger partial charge < -0.3 is 15.2 Å². The summed E-state index contributed by atoms with van der Waals surface area (Å²) < 4.78 is 5.03. The minimum atomic E-state index is -1.01. The van der Waals surface area contributed by atoms with E-state index >= 15 is 0 Å². The second kappa shape index (κ2) is 7.13. The second-order valence-electron chi connectivity index (χ2n) is 3.88. The average Bonchev–Trinajstić information content (AvgIpc) is 2.79. The molecular weight excluding hydrogens is 254 g/mol. The van der Waals surface area contributed by atoms with Crippen LogP contribution >= 0.6 is 11.3 Å². The van der Waals surface area contributed by atoms with Crippen LogP contribution < -0.4 is 5.32 Å². The van der Waals surface area contributed by atoms with Gasteiger partial charge in [-0.3, -0.25) is 4.79 Å². The van der Waals surface area contributed by atoms with Crippen molar-refractivity contribution in [1.29, 1.82) is 0 Å². The molecule has 2 N–H and O–H groups in total. The molecule has 0 aromatic carbocycles. The predicted molar refractivity (Wildman–Crippen MR) is 69.3 cm³/mol. The summed E-state index contributed by atoms with van der Waals surface area (Å²) in [7, 11) is 1.59. The molecule has 1 aromatic rings. The van der Waals surface area contributed by atoms with Crippen molar-refractivity contribution in [2.24, 2.45) is 0 Å². The highest BCUT2D eigenvalue weighted by Gasteiger charge is 2.16. The van der Waals surface area contributed by atoms with E-state index in [0.717, 1.165) is 24.2 Å². The van der Waals surface area contributed by atoms with E-state index in [4.69, 9.17) is 9.84 Å².